The number of nitrogens with zero attached hydrogens (tertiary/aromatic N) is 2. The Morgan fingerprint density at radius 1 is 1.11 bits per heavy atom. The molecule has 0 unspecified atom stereocenters. The maximum absolute atomic E-state index is 9.27. The Morgan fingerprint density at radius 2 is 1.63 bits per heavy atom. The molecular formula is C17H22N2. The molecule has 0 amide bonds. The van der Waals surface area contributed by atoms with Gasteiger partial charge in [-0.05, 0) is 76.2 Å². The van der Waals surface area contributed by atoms with E-state index in [2.05, 4.69) is 30.6 Å². The molecule has 0 aromatic carbocycles. The van der Waals surface area contributed by atoms with Crippen LogP contribution in [0.5, 0.6) is 0 Å². The summed E-state index contributed by atoms with van der Waals surface area (Å²) in [5.41, 5.74) is 3.75. The molecule has 4 saturated carbocycles. The second-order valence-electron chi connectivity index (χ2n) is 7.37. The number of hydrogen-bond donors (Lipinski definition) is 0. The molecule has 1 aromatic rings. The number of rotatable bonds is 1. The lowest BCUT2D eigenvalue weighted by Crippen LogP contribution is -2.52. The Balaban J connectivity index is 1.84. The summed E-state index contributed by atoms with van der Waals surface area (Å²) in [5, 5.41) is 9.27. The molecule has 0 atom stereocenters. The summed E-state index contributed by atoms with van der Waals surface area (Å²) in [4.78, 5) is 0. The van der Waals surface area contributed by atoms with E-state index in [1.165, 1.54) is 49.9 Å². The lowest BCUT2D eigenvalue weighted by atomic mass is 9.53. The van der Waals surface area contributed by atoms with Gasteiger partial charge in [0.15, 0.2) is 0 Å². The van der Waals surface area contributed by atoms with Gasteiger partial charge < -0.3 is 4.57 Å². The zero-order chi connectivity index (χ0) is 13.2. The van der Waals surface area contributed by atoms with Crippen LogP contribution in [0, 0.1) is 42.9 Å². The molecule has 1 aromatic heterocycles. The summed E-state index contributed by atoms with van der Waals surface area (Å²) in [6.45, 7) is 4.33. The van der Waals surface area contributed by atoms with Crippen molar-refractivity contribution >= 4 is 0 Å². The normalized spacial score (nSPS) is 39.5. The summed E-state index contributed by atoms with van der Waals surface area (Å²) >= 11 is 0. The standard InChI is InChI=1S/C17H22N2/c1-11-3-16(10-18)12(2)19(11)17-7-13-4-14(8-17)6-15(5-13)9-17/h3,13-15H,4-9H2,1-2H3. The van der Waals surface area contributed by atoms with E-state index in [0.717, 1.165) is 23.3 Å². The minimum absolute atomic E-state index is 0.359. The second-order valence-corrected chi connectivity index (χ2v) is 7.37. The van der Waals surface area contributed by atoms with Gasteiger partial charge in [-0.3, -0.25) is 0 Å². The first-order valence-electron chi connectivity index (χ1n) is 7.71. The van der Waals surface area contributed by atoms with Crippen LogP contribution in [-0.2, 0) is 5.54 Å². The van der Waals surface area contributed by atoms with Gasteiger partial charge in [-0.1, -0.05) is 0 Å². The fourth-order valence-electron chi connectivity index (χ4n) is 5.94. The third-order valence-electron chi connectivity index (χ3n) is 6.03. The lowest BCUT2D eigenvalue weighted by Gasteiger charge is -2.58. The number of hydrogen-bond acceptors (Lipinski definition) is 1. The molecule has 4 bridgehead atoms. The minimum Gasteiger partial charge on any atom is -0.342 e. The highest BCUT2D eigenvalue weighted by molar-refractivity contribution is 5.38. The average molecular weight is 254 g/mol. The molecule has 5 rings (SSSR count). The lowest BCUT2D eigenvalue weighted by molar-refractivity contribution is -0.0446. The fraction of sp³-hybridized carbons (Fsp3) is 0.706. The maximum atomic E-state index is 9.27. The molecule has 0 radical (unpaired) electrons. The molecule has 4 aliphatic rings. The molecule has 19 heavy (non-hydrogen) atoms. The van der Waals surface area contributed by atoms with E-state index in [-0.39, 0.29) is 0 Å². The van der Waals surface area contributed by atoms with Crippen LogP contribution in [0.15, 0.2) is 6.07 Å². The molecular weight excluding hydrogens is 232 g/mol. The topological polar surface area (TPSA) is 28.7 Å². The molecule has 4 fully saturated rings. The quantitative estimate of drug-likeness (QED) is 0.747. The van der Waals surface area contributed by atoms with E-state index in [4.69, 9.17) is 0 Å². The van der Waals surface area contributed by atoms with Crippen molar-refractivity contribution in [3.8, 4) is 6.07 Å². The van der Waals surface area contributed by atoms with Gasteiger partial charge >= 0.3 is 0 Å². The SMILES string of the molecule is Cc1cc(C#N)c(C)n1C12CC3CC(CC(C3)C1)C2. The van der Waals surface area contributed by atoms with Crippen molar-refractivity contribution in [1.82, 2.24) is 4.57 Å². The second kappa shape index (κ2) is 3.66. The first-order valence-corrected chi connectivity index (χ1v) is 7.71. The first-order chi connectivity index (χ1) is 9.11. The maximum Gasteiger partial charge on any atom is 0.101 e. The van der Waals surface area contributed by atoms with Gasteiger partial charge in [0.1, 0.15) is 6.07 Å². The highest BCUT2D eigenvalue weighted by atomic mass is 15.1. The predicted molar refractivity (Wildman–Crippen MR) is 74.8 cm³/mol. The van der Waals surface area contributed by atoms with Crippen LogP contribution < -0.4 is 0 Å². The van der Waals surface area contributed by atoms with Gasteiger partial charge in [0.2, 0.25) is 0 Å². The first kappa shape index (κ1) is 11.6. The molecule has 2 nitrogen and oxygen atoms in total. The van der Waals surface area contributed by atoms with Crippen LogP contribution >= 0.6 is 0 Å². The molecule has 2 heteroatoms. The van der Waals surface area contributed by atoms with Crippen molar-refractivity contribution in [3.63, 3.8) is 0 Å². The van der Waals surface area contributed by atoms with E-state index < -0.39 is 0 Å². The van der Waals surface area contributed by atoms with E-state index in [0.29, 0.717) is 5.54 Å². The summed E-state index contributed by atoms with van der Waals surface area (Å²) in [7, 11) is 0. The minimum atomic E-state index is 0.359. The van der Waals surface area contributed by atoms with Crippen molar-refractivity contribution < 1.29 is 0 Å². The largest absolute Gasteiger partial charge is 0.342 e. The number of aromatic nitrogens is 1. The zero-order valence-corrected chi connectivity index (χ0v) is 11.9. The summed E-state index contributed by atoms with van der Waals surface area (Å²) in [5.74, 6) is 2.87. The van der Waals surface area contributed by atoms with Crippen molar-refractivity contribution in [1.29, 1.82) is 5.26 Å². The fourth-order valence-corrected chi connectivity index (χ4v) is 5.94. The van der Waals surface area contributed by atoms with Gasteiger partial charge in [-0.25, -0.2) is 0 Å². The molecule has 0 saturated heterocycles. The van der Waals surface area contributed by atoms with E-state index >= 15 is 0 Å². The summed E-state index contributed by atoms with van der Waals surface area (Å²) in [6, 6.07) is 4.46. The zero-order valence-electron chi connectivity index (χ0n) is 11.9. The van der Waals surface area contributed by atoms with Crippen molar-refractivity contribution in [2.75, 3.05) is 0 Å². The Bertz CT molecular complexity index is 538. The van der Waals surface area contributed by atoms with Crippen molar-refractivity contribution in [3.05, 3.63) is 23.0 Å². The van der Waals surface area contributed by atoms with Crippen LogP contribution in [-0.4, -0.2) is 4.57 Å². The van der Waals surface area contributed by atoms with E-state index in [9.17, 15) is 5.26 Å². The van der Waals surface area contributed by atoms with Gasteiger partial charge in [-0.15, -0.1) is 0 Å². The number of nitriles is 1. The third-order valence-corrected chi connectivity index (χ3v) is 6.03. The van der Waals surface area contributed by atoms with Crippen molar-refractivity contribution in [2.24, 2.45) is 17.8 Å². The monoisotopic (exact) mass is 254 g/mol. The van der Waals surface area contributed by atoms with Gasteiger partial charge in [0, 0.05) is 16.9 Å². The highest BCUT2D eigenvalue weighted by Crippen LogP contribution is 2.59. The molecule has 0 spiro atoms. The third kappa shape index (κ3) is 1.48. The number of aryl methyl sites for hydroxylation is 1. The van der Waals surface area contributed by atoms with Gasteiger partial charge in [0.05, 0.1) is 5.56 Å². The average Bonchev–Trinajstić information content (AvgIpc) is 2.62. The van der Waals surface area contributed by atoms with Gasteiger partial charge in [-0.2, -0.15) is 5.26 Å². The molecule has 100 valence electrons. The highest BCUT2D eigenvalue weighted by Gasteiger charge is 2.52. The smallest absolute Gasteiger partial charge is 0.101 e. The van der Waals surface area contributed by atoms with E-state index in [1.807, 2.05) is 0 Å². The van der Waals surface area contributed by atoms with Crippen molar-refractivity contribution in [2.45, 2.75) is 57.9 Å². The van der Waals surface area contributed by atoms with E-state index in [1.54, 1.807) is 0 Å². The van der Waals surface area contributed by atoms with Crippen LogP contribution in [0.1, 0.15) is 55.5 Å². The summed E-state index contributed by atoms with van der Waals surface area (Å²) < 4.78 is 2.55. The summed E-state index contributed by atoms with van der Waals surface area (Å²) in [6.07, 6.45) is 8.51. The van der Waals surface area contributed by atoms with Crippen LogP contribution in [0.25, 0.3) is 0 Å². The molecule has 1 heterocycles. The van der Waals surface area contributed by atoms with Crippen LogP contribution in [0.2, 0.25) is 0 Å². The molecule has 0 N–H and O–H groups in total. The Kier molecular flexibility index (Phi) is 2.23. The Morgan fingerprint density at radius 3 is 2.05 bits per heavy atom. The van der Waals surface area contributed by atoms with Crippen LogP contribution in [0.4, 0.5) is 0 Å². The molecule has 4 aliphatic carbocycles. The predicted octanol–water partition coefficient (Wildman–Crippen LogP) is 3.90. The van der Waals surface area contributed by atoms with Gasteiger partial charge in [0.25, 0.3) is 0 Å². The van der Waals surface area contributed by atoms with Crippen LogP contribution in [0.3, 0.4) is 0 Å². The molecule has 0 aliphatic heterocycles. The Labute approximate surface area is 115 Å². The Hall–Kier alpha value is -1.23.